The molecule has 0 amide bonds. The van der Waals surface area contributed by atoms with Crippen molar-refractivity contribution >= 4 is 5.97 Å². The van der Waals surface area contributed by atoms with Crippen LogP contribution in [0.1, 0.15) is 36.7 Å². The summed E-state index contributed by atoms with van der Waals surface area (Å²) in [5.74, 6) is 4.89. The Morgan fingerprint density at radius 3 is 2.31 bits per heavy atom. The van der Waals surface area contributed by atoms with Gasteiger partial charge in [0.15, 0.2) is 0 Å². The lowest BCUT2D eigenvalue weighted by Crippen LogP contribution is -2.24. The van der Waals surface area contributed by atoms with Crippen LogP contribution in [-0.2, 0) is 11.3 Å². The highest BCUT2D eigenvalue weighted by atomic mass is 16.6. The van der Waals surface area contributed by atoms with Crippen molar-refractivity contribution in [2.24, 2.45) is 5.84 Å². The van der Waals surface area contributed by atoms with E-state index in [1.54, 1.807) is 12.1 Å². The van der Waals surface area contributed by atoms with Crippen LogP contribution < -0.4 is 11.3 Å². The van der Waals surface area contributed by atoms with Gasteiger partial charge in [0, 0.05) is 6.54 Å². The second kappa shape index (κ2) is 5.09. The molecule has 0 aromatic heterocycles. The standard InChI is InChI=1S/C12H18N2O2/c1-12(2,3)16-11(15)10-6-4-9(5-7-10)8-14-13/h4-7,14H,8,13H2,1-3H3. The van der Waals surface area contributed by atoms with Crippen LogP contribution in [-0.4, -0.2) is 11.6 Å². The molecule has 1 rings (SSSR count). The van der Waals surface area contributed by atoms with E-state index in [-0.39, 0.29) is 5.97 Å². The molecule has 3 N–H and O–H groups in total. The lowest BCUT2D eigenvalue weighted by atomic mass is 10.1. The van der Waals surface area contributed by atoms with Gasteiger partial charge in [-0.1, -0.05) is 12.1 Å². The smallest absolute Gasteiger partial charge is 0.338 e. The van der Waals surface area contributed by atoms with E-state index in [2.05, 4.69) is 5.43 Å². The molecule has 4 heteroatoms. The Morgan fingerprint density at radius 1 is 1.31 bits per heavy atom. The maximum atomic E-state index is 11.7. The van der Waals surface area contributed by atoms with Crippen LogP contribution in [0, 0.1) is 0 Å². The summed E-state index contributed by atoms with van der Waals surface area (Å²) >= 11 is 0. The zero-order valence-corrected chi connectivity index (χ0v) is 9.91. The normalized spacial score (nSPS) is 11.2. The molecule has 0 aliphatic rings. The van der Waals surface area contributed by atoms with Crippen molar-refractivity contribution in [1.29, 1.82) is 0 Å². The number of hydrogen-bond acceptors (Lipinski definition) is 4. The molecule has 88 valence electrons. The van der Waals surface area contributed by atoms with E-state index in [1.807, 2.05) is 32.9 Å². The Kier molecular flexibility index (Phi) is 4.04. The van der Waals surface area contributed by atoms with Crippen LogP contribution in [0.3, 0.4) is 0 Å². The summed E-state index contributed by atoms with van der Waals surface area (Å²) in [4.78, 5) is 11.7. The van der Waals surface area contributed by atoms with Gasteiger partial charge in [0.25, 0.3) is 0 Å². The summed E-state index contributed by atoms with van der Waals surface area (Å²) in [5.41, 5.74) is 3.67. The molecular formula is C12H18N2O2. The Bertz CT molecular complexity index is 352. The van der Waals surface area contributed by atoms with E-state index in [1.165, 1.54) is 0 Å². The number of esters is 1. The summed E-state index contributed by atoms with van der Waals surface area (Å²) in [5, 5.41) is 0. The van der Waals surface area contributed by atoms with Crippen LogP contribution in [0.5, 0.6) is 0 Å². The summed E-state index contributed by atoms with van der Waals surface area (Å²) in [7, 11) is 0. The monoisotopic (exact) mass is 222 g/mol. The molecule has 1 aromatic carbocycles. The molecule has 0 fully saturated rings. The van der Waals surface area contributed by atoms with Gasteiger partial charge in [-0.2, -0.15) is 0 Å². The molecule has 4 nitrogen and oxygen atoms in total. The van der Waals surface area contributed by atoms with E-state index >= 15 is 0 Å². The summed E-state index contributed by atoms with van der Waals surface area (Å²) in [6.45, 7) is 6.11. The number of carbonyl (C=O) groups is 1. The molecule has 0 saturated carbocycles. The molecule has 0 saturated heterocycles. The third-order valence-electron chi connectivity index (χ3n) is 1.89. The van der Waals surface area contributed by atoms with Gasteiger partial charge in [-0.15, -0.1) is 0 Å². The van der Waals surface area contributed by atoms with Gasteiger partial charge in [-0.25, -0.2) is 4.79 Å². The van der Waals surface area contributed by atoms with E-state index in [4.69, 9.17) is 10.6 Å². The van der Waals surface area contributed by atoms with Gasteiger partial charge in [-0.3, -0.25) is 11.3 Å². The number of nitrogens with one attached hydrogen (secondary N) is 1. The zero-order chi connectivity index (χ0) is 12.2. The van der Waals surface area contributed by atoms with E-state index in [9.17, 15) is 4.79 Å². The van der Waals surface area contributed by atoms with Crippen molar-refractivity contribution in [2.75, 3.05) is 0 Å². The first-order valence-corrected chi connectivity index (χ1v) is 5.18. The Hall–Kier alpha value is -1.39. The molecule has 0 unspecified atom stereocenters. The maximum absolute atomic E-state index is 11.7. The molecule has 0 atom stereocenters. The summed E-state index contributed by atoms with van der Waals surface area (Å²) in [6.07, 6.45) is 0. The number of hydrogen-bond donors (Lipinski definition) is 2. The largest absolute Gasteiger partial charge is 0.456 e. The number of hydrazine groups is 1. The van der Waals surface area contributed by atoms with Crippen LogP contribution in [0.2, 0.25) is 0 Å². The van der Waals surface area contributed by atoms with Crippen molar-refractivity contribution in [1.82, 2.24) is 5.43 Å². The average molecular weight is 222 g/mol. The van der Waals surface area contributed by atoms with Crippen LogP contribution in [0.15, 0.2) is 24.3 Å². The first-order valence-electron chi connectivity index (χ1n) is 5.18. The number of carbonyl (C=O) groups excluding carboxylic acids is 1. The Morgan fingerprint density at radius 2 is 1.88 bits per heavy atom. The predicted octanol–water partition coefficient (Wildman–Crippen LogP) is 1.61. The summed E-state index contributed by atoms with van der Waals surface area (Å²) in [6, 6.07) is 7.17. The maximum Gasteiger partial charge on any atom is 0.338 e. The third-order valence-corrected chi connectivity index (χ3v) is 1.89. The fourth-order valence-electron chi connectivity index (χ4n) is 1.21. The second-order valence-corrected chi connectivity index (χ2v) is 4.58. The highest BCUT2D eigenvalue weighted by molar-refractivity contribution is 5.89. The van der Waals surface area contributed by atoms with Gasteiger partial charge in [0.2, 0.25) is 0 Å². The quantitative estimate of drug-likeness (QED) is 0.463. The van der Waals surface area contributed by atoms with Crippen LogP contribution in [0.25, 0.3) is 0 Å². The molecule has 0 spiro atoms. The van der Waals surface area contributed by atoms with Crippen LogP contribution >= 0.6 is 0 Å². The predicted molar refractivity (Wildman–Crippen MR) is 62.6 cm³/mol. The molecule has 0 aliphatic carbocycles. The van der Waals surface area contributed by atoms with Gasteiger partial charge < -0.3 is 4.74 Å². The van der Waals surface area contributed by atoms with Crippen molar-refractivity contribution in [3.63, 3.8) is 0 Å². The third kappa shape index (κ3) is 4.00. The minimum Gasteiger partial charge on any atom is -0.456 e. The minimum absolute atomic E-state index is 0.306. The van der Waals surface area contributed by atoms with Crippen molar-refractivity contribution in [2.45, 2.75) is 32.9 Å². The first-order chi connectivity index (χ1) is 7.42. The first kappa shape index (κ1) is 12.7. The number of benzene rings is 1. The van der Waals surface area contributed by atoms with E-state index in [0.717, 1.165) is 5.56 Å². The number of ether oxygens (including phenoxy) is 1. The Labute approximate surface area is 95.8 Å². The average Bonchev–Trinajstić information content (AvgIpc) is 2.16. The Balaban J connectivity index is 2.70. The molecular weight excluding hydrogens is 204 g/mol. The van der Waals surface area contributed by atoms with Gasteiger partial charge in [-0.05, 0) is 38.5 Å². The number of rotatable bonds is 3. The van der Waals surface area contributed by atoms with Gasteiger partial charge >= 0.3 is 5.97 Å². The molecule has 16 heavy (non-hydrogen) atoms. The lowest BCUT2D eigenvalue weighted by Gasteiger charge is -2.19. The molecule has 0 heterocycles. The number of nitrogens with two attached hydrogens (primary N) is 1. The molecule has 0 bridgehead atoms. The molecule has 0 radical (unpaired) electrons. The van der Waals surface area contributed by atoms with Gasteiger partial charge in [0.1, 0.15) is 5.60 Å². The summed E-state index contributed by atoms with van der Waals surface area (Å²) < 4.78 is 5.24. The fourth-order valence-corrected chi connectivity index (χ4v) is 1.21. The van der Waals surface area contributed by atoms with Crippen molar-refractivity contribution < 1.29 is 9.53 Å². The zero-order valence-electron chi connectivity index (χ0n) is 9.91. The van der Waals surface area contributed by atoms with Crippen molar-refractivity contribution in [3.05, 3.63) is 35.4 Å². The fraction of sp³-hybridized carbons (Fsp3) is 0.417. The minimum atomic E-state index is -0.464. The van der Waals surface area contributed by atoms with E-state index in [0.29, 0.717) is 12.1 Å². The van der Waals surface area contributed by atoms with Crippen molar-refractivity contribution in [3.8, 4) is 0 Å². The lowest BCUT2D eigenvalue weighted by molar-refractivity contribution is 0.00695. The molecule has 1 aromatic rings. The van der Waals surface area contributed by atoms with Crippen LogP contribution in [0.4, 0.5) is 0 Å². The SMILES string of the molecule is CC(C)(C)OC(=O)c1ccc(CNN)cc1. The van der Waals surface area contributed by atoms with E-state index < -0.39 is 5.60 Å². The van der Waals surface area contributed by atoms with Gasteiger partial charge in [0.05, 0.1) is 5.56 Å². The second-order valence-electron chi connectivity index (χ2n) is 4.58. The molecule has 0 aliphatic heterocycles. The topological polar surface area (TPSA) is 64.3 Å². The highest BCUT2D eigenvalue weighted by Crippen LogP contribution is 2.12. The highest BCUT2D eigenvalue weighted by Gasteiger charge is 2.17.